The van der Waals surface area contributed by atoms with Crippen LogP contribution in [0.4, 0.5) is 17.5 Å². The van der Waals surface area contributed by atoms with Gasteiger partial charge in [-0.05, 0) is 74.8 Å². The number of aromatic amines is 1. The number of rotatable bonds is 26. The molecule has 2 aromatic carbocycles. The van der Waals surface area contributed by atoms with Gasteiger partial charge in [0.05, 0.1) is 48.3 Å². The van der Waals surface area contributed by atoms with E-state index in [1.165, 1.54) is 6.20 Å². The van der Waals surface area contributed by atoms with Crippen molar-refractivity contribution in [1.82, 2.24) is 45.1 Å². The number of carboxylic acids is 1. The van der Waals surface area contributed by atoms with Crippen LogP contribution in [0.1, 0.15) is 115 Å². The predicted octanol–water partition coefficient (Wildman–Crippen LogP) is 6.54. The van der Waals surface area contributed by atoms with E-state index in [2.05, 4.69) is 86.1 Å². The number of aromatic nitrogens is 7. The minimum Gasteiger partial charge on any atom is -0.480 e. The summed E-state index contributed by atoms with van der Waals surface area (Å²) >= 11 is 0. The van der Waals surface area contributed by atoms with E-state index in [1.54, 1.807) is 24.3 Å². The third kappa shape index (κ3) is 13.9. The van der Waals surface area contributed by atoms with Gasteiger partial charge < -0.3 is 46.6 Å². The second-order valence-corrected chi connectivity index (χ2v) is 19.6. The number of nitrogen functional groups attached to an aromatic ring is 2. The summed E-state index contributed by atoms with van der Waals surface area (Å²) < 4.78 is 15.2. The molecule has 0 fully saturated rings. The van der Waals surface area contributed by atoms with Crippen molar-refractivity contribution in [3.8, 4) is 0 Å². The lowest BCUT2D eigenvalue weighted by atomic mass is 9.90. The van der Waals surface area contributed by atoms with Crippen LogP contribution in [0.3, 0.4) is 0 Å². The van der Waals surface area contributed by atoms with Crippen LogP contribution < -0.4 is 33.0 Å². The highest BCUT2D eigenvalue weighted by Gasteiger charge is 2.29. The molecule has 0 aliphatic carbocycles. The fourth-order valence-electron chi connectivity index (χ4n) is 7.99. The Morgan fingerprint density at radius 1 is 0.913 bits per heavy atom. The molecule has 2 atom stereocenters. The van der Waals surface area contributed by atoms with Crippen molar-refractivity contribution >= 4 is 68.3 Å². The Balaban J connectivity index is 0.906. The molecule has 4 heterocycles. The van der Waals surface area contributed by atoms with Crippen molar-refractivity contribution < 1.29 is 29.0 Å². The number of para-hydroxylation sites is 1. The summed E-state index contributed by atoms with van der Waals surface area (Å²) in [6.45, 7) is 18.0. The Hall–Kier alpha value is -6.73. The molecule has 9 N–H and O–H groups in total. The minimum absolute atomic E-state index is 0.0523. The summed E-state index contributed by atoms with van der Waals surface area (Å²) in [4.78, 5) is 74.6. The Labute approximate surface area is 402 Å². The maximum Gasteiger partial charge on any atom is 0.326 e. The third-order valence-electron chi connectivity index (χ3n) is 12.3. The van der Waals surface area contributed by atoms with E-state index in [0.717, 1.165) is 59.9 Å². The first-order valence-electron chi connectivity index (χ1n) is 23.7. The summed E-state index contributed by atoms with van der Waals surface area (Å²) in [6, 6.07) is 13.2. The second kappa shape index (κ2) is 22.6. The summed E-state index contributed by atoms with van der Waals surface area (Å²) in [5.41, 5.74) is 14.8. The smallest absolute Gasteiger partial charge is 0.326 e. The van der Waals surface area contributed by atoms with Gasteiger partial charge in [0.15, 0.2) is 17.0 Å². The highest BCUT2D eigenvalue weighted by atomic mass is 16.5. The van der Waals surface area contributed by atoms with Gasteiger partial charge in [-0.1, -0.05) is 66.2 Å². The minimum atomic E-state index is -1.28. The summed E-state index contributed by atoms with van der Waals surface area (Å²) in [7, 11) is 0. The van der Waals surface area contributed by atoms with Crippen LogP contribution in [-0.2, 0) is 38.6 Å². The molecule has 4 aromatic heterocycles. The Morgan fingerprint density at radius 2 is 1.65 bits per heavy atom. The average Bonchev–Trinajstić information content (AvgIpc) is 3.66. The number of nitrogens with two attached hydrogens (primary N) is 2. The monoisotopic (exact) mass is 949 g/mol. The molecule has 0 bridgehead atoms. The number of nitrogens with one attached hydrogen (secondary N) is 4. The van der Waals surface area contributed by atoms with Crippen molar-refractivity contribution in [3.05, 3.63) is 82.2 Å². The number of ether oxygens (including phenoxy) is 2. The molecule has 0 aliphatic heterocycles. The van der Waals surface area contributed by atoms with E-state index in [0.29, 0.717) is 56.5 Å². The highest BCUT2D eigenvalue weighted by Crippen LogP contribution is 2.33. The van der Waals surface area contributed by atoms with Crippen LogP contribution in [0.5, 0.6) is 0 Å². The SMILES string of the molecule is CCCCc1nc2c(N)nc3ccccc3c2n1CC(C)(C)COCC(C)(C)CCOC(C)(CC)CCNC(=O)CCC(NC(=O)c1ccc(NCc2cnc3nc(N)[nH]c(=O)c3n2)cc1)C(=O)O. The number of aryl methyl sites for hydroxylation is 1. The lowest BCUT2D eigenvalue weighted by Gasteiger charge is -2.33. The molecule has 0 saturated carbocycles. The molecule has 2 unspecified atom stereocenters. The van der Waals surface area contributed by atoms with Gasteiger partial charge in [-0.2, -0.15) is 4.98 Å². The predicted molar refractivity (Wildman–Crippen MR) is 268 cm³/mol. The molecule has 0 radical (unpaired) electrons. The Bertz CT molecular complexity index is 2810. The third-order valence-corrected chi connectivity index (χ3v) is 12.3. The van der Waals surface area contributed by atoms with E-state index < -0.39 is 29.1 Å². The van der Waals surface area contributed by atoms with Crippen LogP contribution >= 0.6 is 0 Å². The lowest BCUT2D eigenvalue weighted by Crippen LogP contribution is -2.42. The number of imidazole rings is 1. The summed E-state index contributed by atoms with van der Waals surface area (Å²) in [6.07, 6.45) is 6.30. The van der Waals surface area contributed by atoms with Gasteiger partial charge >= 0.3 is 5.97 Å². The first kappa shape index (κ1) is 51.7. The molecule has 0 aliphatic rings. The van der Waals surface area contributed by atoms with Gasteiger partial charge in [0.25, 0.3) is 11.5 Å². The maximum absolute atomic E-state index is 13.0. The number of carbonyl (C=O) groups is 3. The van der Waals surface area contributed by atoms with E-state index in [1.807, 2.05) is 32.0 Å². The van der Waals surface area contributed by atoms with Crippen LogP contribution in [0.15, 0.2) is 59.5 Å². The average molecular weight is 949 g/mol. The summed E-state index contributed by atoms with van der Waals surface area (Å²) in [5.74, 6) is -0.748. The number of pyridine rings is 1. The number of aliphatic carboxylic acids is 1. The number of fused-ring (bicyclic) bond motifs is 4. The van der Waals surface area contributed by atoms with Gasteiger partial charge in [-0.15, -0.1) is 0 Å². The zero-order chi connectivity index (χ0) is 49.9. The largest absolute Gasteiger partial charge is 0.480 e. The Kier molecular flexibility index (Phi) is 16.9. The molecule has 6 aromatic rings. The van der Waals surface area contributed by atoms with Gasteiger partial charge in [-0.3, -0.25) is 19.4 Å². The number of hydrogen-bond donors (Lipinski definition) is 7. The normalized spacial score (nSPS) is 13.4. The molecule has 2 amide bonds. The molecule has 6 rings (SSSR count). The lowest BCUT2D eigenvalue weighted by molar-refractivity contribution is -0.139. The van der Waals surface area contributed by atoms with Gasteiger partial charge in [0.1, 0.15) is 17.4 Å². The highest BCUT2D eigenvalue weighted by molar-refractivity contribution is 6.06. The number of carboxylic acid groups (broad SMARTS) is 1. The van der Waals surface area contributed by atoms with Crippen molar-refractivity contribution in [2.45, 2.75) is 125 Å². The van der Waals surface area contributed by atoms with E-state index in [-0.39, 0.29) is 58.8 Å². The van der Waals surface area contributed by atoms with Gasteiger partial charge in [-0.25, -0.2) is 24.7 Å². The molecule has 69 heavy (non-hydrogen) atoms. The molecule has 370 valence electrons. The van der Waals surface area contributed by atoms with Crippen LogP contribution in [0.2, 0.25) is 0 Å². The van der Waals surface area contributed by atoms with Crippen molar-refractivity contribution in [2.24, 2.45) is 10.8 Å². The molecule has 0 spiro atoms. The molecule has 19 heteroatoms. The van der Waals surface area contributed by atoms with Crippen molar-refractivity contribution in [2.75, 3.05) is 43.1 Å². The number of H-pyrrole nitrogens is 1. The van der Waals surface area contributed by atoms with Gasteiger partial charge in [0.2, 0.25) is 11.9 Å². The number of unbranched alkanes of at least 4 members (excludes halogenated alkanes) is 1. The zero-order valence-corrected chi connectivity index (χ0v) is 40.9. The molecule has 0 saturated heterocycles. The topological polar surface area (TPSA) is 280 Å². The number of hydrogen-bond acceptors (Lipinski definition) is 14. The first-order valence-corrected chi connectivity index (χ1v) is 23.7. The number of amides is 2. The van der Waals surface area contributed by atoms with Crippen molar-refractivity contribution in [3.63, 3.8) is 0 Å². The van der Waals surface area contributed by atoms with E-state index in [9.17, 15) is 24.3 Å². The molecular formula is C50H68N12O7. The molecular weight excluding hydrogens is 881 g/mol. The zero-order valence-electron chi connectivity index (χ0n) is 40.9. The standard InChI is InChI=1S/C50H68N12O7/c1-8-10-15-37-59-39-41(34-13-11-12-14-35(34)57-42(39)51)62(37)28-49(5,6)30-68-29-48(3,4)23-25-69-50(7,9-2)22-24-53-38(63)21-20-36(46(66)67)58-44(64)31-16-18-32(19-17-31)54-26-33-27-55-43-40(56-33)45(65)61-47(52)60-43/h11-14,16-19,27,36,54H,8-10,15,20-26,28-30H2,1-7H3,(H2,51,57)(H,53,63)(H,58,64)(H,66,67)(H3,52,55,60,61,65). The maximum atomic E-state index is 13.0. The van der Waals surface area contributed by atoms with E-state index in [4.69, 9.17) is 25.9 Å². The summed E-state index contributed by atoms with van der Waals surface area (Å²) in [5, 5.41) is 19.5. The fraction of sp³-hybridized carbons (Fsp3) is 0.500. The second-order valence-electron chi connectivity index (χ2n) is 19.6. The number of anilines is 3. The van der Waals surface area contributed by atoms with E-state index >= 15 is 0 Å². The number of carbonyl (C=O) groups excluding carboxylic acids is 2. The van der Waals surface area contributed by atoms with Crippen LogP contribution in [0, 0.1) is 10.8 Å². The fourth-order valence-corrected chi connectivity index (χ4v) is 7.99. The first-order chi connectivity index (χ1) is 32.8. The number of nitrogens with zero attached hydrogens (tertiary/aromatic N) is 6. The quantitative estimate of drug-likeness (QED) is 0.0304. The Morgan fingerprint density at radius 3 is 2.38 bits per heavy atom. The van der Waals surface area contributed by atoms with Gasteiger partial charge in [0, 0.05) is 54.6 Å². The molecule has 19 nitrogen and oxygen atoms in total. The van der Waals surface area contributed by atoms with Crippen molar-refractivity contribution in [1.29, 1.82) is 0 Å². The van der Waals surface area contributed by atoms with Crippen LogP contribution in [-0.4, -0.2) is 95.4 Å². The van der Waals surface area contributed by atoms with Crippen LogP contribution in [0.25, 0.3) is 33.1 Å². The number of benzene rings is 2.